The van der Waals surface area contributed by atoms with Crippen LogP contribution in [-0.4, -0.2) is 25.9 Å². The Morgan fingerprint density at radius 3 is 1.46 bits per heavy atom. The molecule has 35 heavy (non-hydrogen) atoms. The van der Waals surface area contributed by atoms with Crippen LogP contribution in [0, 0.1) is 0 Å². The lowest BCUT2D eigenvalue weighted by Crippen LogP contribution is -3.09. The molecule has 1 N–H and O–H groups in total. The van der Waals surface area contributed by atoms with E-state index >= 15 is 0 Å². The highest BCUT2D eigenvalue weighted by atomic mass is 19.4. The molecule has 2 nitrogen and oxygen atoms in total. The normalized spacial score (nSPS) is 13.7. The first-order chi connectivity index (χ1) is 16.3. The van der Waals surface area contributed by atoms with Crippen LogP contribution < -0.4 is 4.90 Å². The lowest BCUT2D eigenvalue weighted by atomic mass is 9.66. The number of benzene rings is 3. The third-order valence-electron chi connectivity index (χ3n) is 6.37. The summed E-state index contributed by atoms with van der Waals surface area (Å²) >= 11 is 0. The Labute approximate surface area is 200 Å². The Hall–Kier alpha value is -3.13. The van der Waals surface area contributed by atoms with Crippen LogP contribution in [0.5, 0.6) is 0 Å². The average Bonchev–Trinajstić information content (AvgIpc) is 2.81. The Bertz CT molecular complexity index is 1080. The van der Waals surface area contributed by atoms with Gasteiger partial charge in [-0.3, -0.25) is 4.79 Å². The molecule has 1 atom stereocenters. The van der Waals surface area contributed by atoms with Gasteiger partial charge in [-0.05, 0) is 36.2 Å². The topological polar surface area (TPSA) is 21.5 Å². The molecule has 3 rings (SSSR count). The van der Waals surface area contributed by atoms with Crippen LogP contribution in [0.4, 0.5) is 26.3 Å². The van der Waals surface area contributed by atoms with Gasteiger partial charge in [0.1, 0.15) is 0 Å². The van der Waals surface area contributed by atoms with Gasteiger partial charge in [-0.15, -0.1) is 0 Å². The van der Waals surface area contributed by atoms with Gasteiger partial charge in [0, 0.05) is 12.0 Å². The summed E-state index contributed by atoms with van der Waals surface area (Å²) in [5, 5.41) is 0. The predicted octanol–water partition coefficient (Wildman–Crippen LogP) is 5.82. The van der Waals surface area contributed by atoms with E-state index in [9.17, 15) is 31.1 Å². The van der Waals surface area contributed by atoms with Crippen molar-refractivity contribution in [1.82, 2.24) is 0 Å². The fraction of sp³-hybridized carbons (Fsp3) is 0.296. The number of Topliss-reactive ketones (excluding diaryl/α,β-unsaturated/α-hetero) is 1. The lowest BCUT2D eigenvalue weighted by molar-refractivity contribution is -0.884. The molecule has 0 fully saturated rings. The molecule has 0 heterocycles. The molecule has 0 aliphatic rings. The zero-order chi connectivity index (χ0) is 26.0. The van der Waals surface area contributed by atoms with Crippen molar-refractivity contribution in [2.24, 2.45) is 0 Å². The number of hydrogen-bond acceptors (Lipinski definition) is 1. The number of carbonyl (C=O) groups is 1. The smallest absolute Gasteiger partial charge is 0.338 e. The fourth-order valence-corrected chi connectivity index (χ4v) is 4.20. The van der Waals surface area contributed by atoms with Crippen LogP contribution in [0.1, 0.15) is 46.0 Å². The SMILES string of the molecule is C[C@@H](CC(C(=O)c1cc(C(F)(F)F)cc(C(F)(F)F)c1)(c1ccccc1)c1ccccc1)[NH+](C)C. The maximum atomic E-state index is 14.2. The minimum absolute atomic E-state index is 0.0378. The average molecular weight is 494 g/mol. The summed E-state index contributed by atoms with van der Waals surface area (Å²) in [6.45, 7) is 1.89. The van der Waals surface area contributed by atoms with Gasteiger partial charge in [-0.1, -0.05) is 60.7 Å². The lowest BCUT2D eigenvalue weighted by Gasteiger charge is -2.36. The maximum Gasteiger partial charge on any atom is 0.416 e. The molecule has 3 aromatic carbocycles. The van der Waals surface area contributed by atoms with Crippen LogP contribution in [0.25, 0.3) is 0 Å². The van der Waals surface area contributed by atoms with Gasteiger partial charge in [0.05, 0.1) is 36.7 Å². The number of halogens is 6. The molecular formula is C27H26F6NO+. The monoisotopic (exact) mass is 494 g/mol. The Kier molecular flexibility index (Phi) is 7.45. The van der Waals surface area contributed by atoms with Crippen molar-refractivity contribution in [3.8, 4) is 0 Å². The second kappa shape index (κ2) is 9.85. The molecule has 0 saturated carbocycles. The molecule has 186 valence electrons. The van der Waals surface area contributed by atoms with Crippen molar-refractivity contribution >= 4 is 5.78 Å². The van der Waals surface area contributed by atoms with E-state index in [1.807, 2.05) is 21.0 Å². The summed E-state index contributed by atoms with van der Waals surface area (Å²) in [4.78, 5) is 15.2. The molecule has 3 aromatic rings. The molecule has 8 heteroatoms. The molecule has 0 aliphatic heterocycles. The molecular weight excluding hydrogens is 468 g/mol. The standard InChI is InChI=1S/C27H25F6NO/c1-18(34(2)3)17-25(20-10-6-4-7-11-20,21-12-8-5-9-13-21)24(35)19-14-22(26(28,29)30)16-23(15-19)27(31,32)33/h4-16,18H,17H2,1-3H3/p+1/t18-/m0/s1. The quantitative estimate of drug-likeness (QED) is 0.325. The second-order valence-corrected chi connectivity index (χ2v) is 8.94. The number of alkyl halides is 6. The minimum Gasteiger partial charge on any atom is -0.338 e. The molecule has 0 amide bonds. The zero-order valence-corrected chi connectivity index (χ0v) is 19.5. The second-order valence-electron chi connectivity index (χ2n) is 8.94. The van der Waals surface area contributed by atoms with E-state index < -0.39 is 40.2 Å². The van der Waals surface area contributed by atoms with Crippen LogP contribution >= 0.6 is 0 Å². The van der Waals surface area contributed by atoms with E-state index in [0.717, 1.165) is 4.90 Å². The number of ketones is 1. The minimum atomic E-state index is -5.06. The van der Waals surface area contributed by atoms with Crippen LogP contribution in [0.15, 0.2) is 78.9 Å². The third kappa shape index (κ3) is 5.59. The number of hydrogen-bond donors (Lipinski definition) is 1. The van der Waals surface area contributed by atoms with E-state index in [4.69, 9.17) is 0 Å². The molecule has 0 saturated heterocycles. The van der Waals surface area contributed by atoms with E-state index in [-0.39, 0.29) is 18.5 Å². The number of carbonyl (C=O) groups excluding carboxylic acids is 1. The summed E-state index contributed by atoms with van der Waals surface area (Å²) in [7, 11) is 3.75. The van der Waals surface area contributed by atoms with Crippen LogP contribution in [0.2, 0.25) is 0 Å². The number of rotatable bonds is 7. The fourth-order valence-electron chi connectivity index (χ4n) is 4.20. The van der Waals surface area contributed by atoms with Gasteiger partial charge in [-0.25, -0.2) is 0 Å². The highest BCUT2D eigenvalue weighted by molar-refractivity contribution is 6.07. The van der Waals surface area contributed by atoms with Gasteiger partial charge in [0.25, 0.3) is 0 Å². The number of quaternary nitrogens is 1. The first kappa shape index (κ1) is 26.5. The molecule has 0 aliphatic carbocycles. The Morgan fingerprint density at radius 1 is 0.714 bits per heavy atom. The molecule has 0 radical (unpaired) electrons. The van der Waals surface area contributed by atoms with Gasteiger partial charge < -0.3 is 4.90 Å². The van der Waals surface area contributed by atoms with E-state index in [1.165, 1.54) is 0 Å². The summed E-state index contributed by atoms with van der Waals surface area (Å²) in [6.07, 6.45) is -9.95. The first-order valence-corrected chi connectivity index (χ1v) is 11.0. The zero-order valence-electron chi connectivity index (χ0n) is 19.5. The molecule has 0 bridgehead atoms. The van der Waals surface area contributed by atoms with Gasteiger partial charge in [-0.2, -0.15) is 26.3 Å². The summed E-state index contributed by atoms with van der Waals surface area (Å²) in [5.41, 5.74) is -4.19. The summed E-state index contributed by atoms with van der Waals surface area (Å²) in [5.74, 6) is -0.820. The largest absolute Gasteiger partial charge is 0.416 e. The van der Waals surface area contributed by atoms with E-state index in [0.29, 0.717) is 23.3 Å². The summed E-state index contributed by atoms with van der Waals surface area (Å²) in [6, 6.07) is 17.9. The van der Waals surface area contributed by atoms with Crippen LogP contribution in [-0.2, 0) is 17.8 Å². The van der Waals surface area contributed by atoms with Crippen molar-refractivity contribution in [1.29, 1.82) is 0 Å². The van der Waals surface area contributed by atoms with Crippen LogP contribution in [0.3, 0.4) is 0 Å². The van der Waals surface area contributed by atoms with Gasteiger partial charge in [0.15, 0.2) is 5.78 Å². The predicted molar refractivity (Wildman–Crippen MR) is 121 cm³/mol. The molecule has 0 unspecified atom stereocenters. The highest BCUT2D eigenvalue weighted by Gasteiger charge is 2.46. The third-order valence-corrected chi connectivity index (χ3v) is 6.37. The van der Waals surface area contributed by atoms with E-state index in [1.54, 1.807) is 60.7 Å². The van der Waals surface area contributed by atoms with Crippen molar-refractivity contribution < 1.29 is 36.0 Å². The van der Waals surface area contributed by atoms with Crippen molar-refractivity contribution in [3.05, 3.63) is 107 Å². The van der Waals surface area contributed by atoms with E-state index in [2.05, 4.69) is 0 Å². The van der Waals surface area contributed by atoms with Crippen molar-refractivity contribution in [2.75, 3.05) is 14.1 Å². The van der Waals surface area contributed by atoms with Crippen molar-refractivity contribution in [3.63, 3.8) is 0 Å². The van der Waals surface area contributed by atoms with Crippen molar-refractivity contribution in [2.45, 2.75) is 37.2 Å². The number of nitrogens with one attached hydrogen (secondary N) is 1. The Balaban J connectivity index is 2.37. The molecule has 0 aromatic heterocycles. The Morgan fingerprint density at radius 2 is 1.11 bits per heavy atom. The highest BCUT2D eigenvalue weighted by Crippen LogP contribution is 2.42. The molecule has 0 spiro atoms. The van der Waals surface area contributed by atoms with Gasteiger partial charge in [0.2, 0.25) is 0 Å². The summed E-state index contributed by atoms with van der Waals surface area (Å²) < 4.78 is 81.5. The first-order valence-electron chi connectivity index (χ1n) is 11.0. The maximum absolute atomic E-state index is 14.2. The van der Waals surface area contributed by atoms with Gasteiger partial charge >= 0.3 is 12.4 Å².